The van der Waals surface area contributed by atoms with E-state index in [1.165, 1.54) is 12.8 Å². The number of halogens is 1. The van der Waals surface area contributed by atoms with Gasteiger partial charge in [0.2, 0.25) is 0 Å². The lowest BCUT2D eigenvalue weighted by Gasteiger charge is -2.22. The highest BCUT2D eigenvalue weighted by molar-refractivity contribution is 6.30. The van der Waals surface area contributed by atoms with E-state index in [-0.39, 0.29) is 12.1 Å². The van der Waals surface area contributed by atoms with Crippen molar-refractivity contribution in [1.82, 2.24) is 10.2 Å². The SMILES string of the molecule is C[C@H](NCC(O)CN1CCCC1)c1cccc(Cl)c1. The Hall–Kier alpha value is -0.610. The van der Waals surface area contributed by atoms with Gasteiger partial charge < -0.3 is 15.3 Å². The highest BCUT2D eigenvalue weighted by Gasteiger charge is 2.16. The van der Waals surface area contributed by atoms with Crippen LogP contribution in [-0.4, -0.2) is 42.3 Å². The Labute approximate surface area is 120 Å². The second-order valence-electron chi connectivity index (χ2n) is 5.35. The van der Waals surface area contributed by atoms with Gasteiger partial charge in [0, 0.05) is 24.2 Å². The van der Waals surface area contributed by atoms with Crippen molar-refractivity contribution in [1.29, 1.82) is 0 Å². The first kappa shape index (κ1) is 14.8. The van der Waals surface area contributed by atoms with Gasteiger partial charge in [0.25, 0.3) is 0 Å². The quantitative estimate of drug-likeness (QED) is 0.841. The smallest absolute Gasteiger partial charge is 0.0791 e. The van der Waals surface area contributed by atoms with E-state index in [4.69, 9.17) is 11.6 Å². The Morgan fingerprint density at radius 1 is 1.37 bits per heavy atom. The molecule has 2 N–H and O–H groups in total. The molecule has 106 valence electrons. The topological polar surface area (TPSA) is 35.5 Å². The second-order valence-corrected chi connectivity index (χ2v) is 5.78. The lowest BCUT2D eigenvalue weighted by molar-refractivity contribution is 0.121. The van der Waals surface area contributed by atoms with Gasteiger partial charge in [-0.25, -0.2) is 0 Å². The van der Waals surface area contributed by atoms with Gasteiger partial charge in [-0.1, -0.05) is 23.7 Å². The third-order valence-corrected chi connectivity index (χ3v) is 3.91. The number of nitrogens with zero attached hydrogens (tertiary/aromatic N) is 1. The first-order chi connectivity index (χ1) is 9.15. The number of rotatable bonds is 6. The fourth-order valence-corrected chi connectivity index (χ4v) is 2.73. The normalized spacial score (nSPS) is 19.5. The minimum Gasteiger partial charge on any atom is -0.390 e. The number of benzene rings is 1. The summed E-state index contributed by atoms with van der Waals surface area (Å²) in [7, 11) is 0. The van der Waals surface area contributed by atoms with Crippen LogP contribution in [0.15, 0.2) is 24.3 Å². The highest BCUT2D eigenvalue weighted by Crippen LogP contribution is 2.17. The molecule has 1 aliphatic heterocycles. The number of β-amino-alcohol motifs (C(OH)–C–C–N with tert-alkyl or cyclic N) is 1. The van der Waals surface area contributed by atoms with Crippen molar-refractivity contribution in [3.8, 4) is 0 Å². The molecule has 1 aromatic rings. The Morgan fingerprint density at radius 3 is 2.79 bits per heavy atom. The predicted octanol–water partition coefficient (Wildman–Crippen LogP) is 2.45. The van der Waals surface area contributed by atoms with Crippen molar-refractivity contribution in [3.63, 3.8) is 0 Å². The molecule has 0 amide bonds. The molecule has 0 spiro atoms. The number of likely N-dealkylation sites (tertiary alicyclic amines) is 1. The Kier molecular flexibility index (Phi) is 5.64. The van der Waals surface area contributed by atoms with Crippen molar-refractivity contribution in [2.24, 2.45) is 0 Å². The minimum absolute atomic E-state index is 0.201. The second kappa shape index (κ2) is 7.25. The van der Waals surface area contributed by atoms with Gasteiger partial charge in [-0.3, -0.25) is 0 Å². The van der Waals surface area contributed by atoms with E-state index in [9.17, 15) is 5.11 Å². The van der Waals surface area contributed by atoms with Crippen LogP contribution in [0.3, 0.4) is 0 Å². The molecular weight excluding hydrogens is 260 g/mol. The first-order valence-corrected chi connectivity index (χ1v) is 7.42. The van der Waals surface area contributed by atoms with Crippen LogP contribution in [0.4, 0.5) is 0 Å². The molecular formula is C15H23ClN2O. The molecule has 2 rings (SSSR count). The average molecular weight is 283 g/mol. The summed E-state index contributed by atoms with van der Waals surface area (Å²) in [6.45, 7) is 5.73. The molecule has 0 aromatic heterocycles. The molecule has 1 aliphatic rings. The zero-order valence-electron chi connectivity index (χ0n) is 11.5. The third kappa shape index (κ3) is 4.77. The molecule has 4 heteroatoms. The van der Waals surface area contributed by atoms with Crippen molar-refractivity contribution in [2.45, 2.75) is 31.9 Å². The largest absolute Gasteiger partial charge is 0.390 e. The molecule has 0 radical (unpaired) electrons. The molecule has 3 nitrogen and oxygen atoms in total. The molecule has 1 heterocycles. The zero-order valence-corrected chi connectivity index (χ0v) is 12.2. The van der Waals surface area contributed by atoms with E-state index in [1.807, 2.05) is 18.2 Å². The van der Waals surface area contributed by atoms with Crippen molar-refractivity contribution >= 4 is 11.6 Å². The van der Waals surface area contributed by atoms with Gasteiger partial charge >= 0.3 is 0 Å². The number of hydrogen-bond acceptors (Lipinski definition) is 3. The highest BCUT2D eigenvalue weighted by atomic mass is 35.5. The van der Waals surface area contributed by atoms with E-state index < -0.39 is 0 Å². The summed E-state index contributed by atoms with van der Waals surface area (Å²) >= 11 is 5.98. The fourth-order valence-electron chi connectivity index (χ4n) is 2.53. The monoisotopic (exact) mass is 282 g/mol. The Bertz CT molecular complexity index is 393. The molecule has 0 saturated carbocycles. The van der Waals surface area contributed by atoms with Crippen LogP contribution in [0.5, 0.6) is 0 Å². The van der Waals surface area contributed by atoms with Crippen LogP contribution >= 0.6 is 11.6 Å². The summed E-state index contributed by atoms with van der Waals surface area (Å²) in [6.07, 6.45) is 2.22. The van der Waals surface area contributed by atoms with Crippen LogP contribution < -0.4 is 5.32 Å². The Balaban J connectivity index is 1.74. The van der Waals surface area contributed by atoms with Crippen LogP contribution in [0, 0.1) is 0 Å². The predicted molar refractivity (Wildman–Crippen MR) is 79.6 cm³/mol. The van der Waals surface area contributed by atoms with Crippen LogP contribution in [0.25, 0.3) is 0 Å². The van der Waals surface area contributed by atoms with E-state index in [0.717, 1.165) is 30.2 Å². The third-order valence-electron chi connectivity index (χ3n) is 3.68. The van der Waals surface area contributed by atoms with Gasteiger partial charge in [-0.05, 0) is 50.6 Å². The summed E-state index contributed by atoms with van der Waals surface area (Å²) in [5.74, 6) is 0. The Morgan fingerprint density at radius 2 is 2.11 bits per heavy atom. The van der Waals surface area contributed by atoms with Gasteiger partial charge in [0.1, 0.15) is 0 Å². The van der Waals surface area contributed by atoms with Crippen molar-refractivity contribution in [2.75, 3.05) is 26.2 Å². The molecule has 1 aromatic carbocycles. The van der Waals surface area contributed by atoms with Gasteiger partial charge in [-0.2, -0.15) is 0 Å². The maximum atomic E-state index is 10.0. The van der Waals surface area contributed by atoms with E-state index in [1.54, 1.807) is 0 Å². The summed E-state index contributed by atoms with van der Waals surface area (Å²) in [4.78, 5) is 2.33. The lowest BCUT2D eigenvalue weighted by atomic mass is 10.1. The van der Waals surface area contributed by atoms with Crippen molar-refractivity contribution < 1.29 is 5.11 Å². The van der Waals surface area contributed by atoms with Crippen LogP contribution in [0.1, 0.15) is 31.4 Å². The van der Waals surface area contributed by atoms with Gasteiger partial charge in [-0.15, -0.1) is 0 Å². The van der Waals surface area contributed by atoms with E-state index in [2.05, 4.69) is 23.2 Å². The number of hydrogen-bond donors (Lipinski definition) is 2. The van der Waals surface area contributed by atoms with Crippen LogP contribution in [-0.2, 0) is 0 Å². The summed E-state index contributed by atoms with van der Waals surface area (Å²) in [5, 5.41) is 14.1. The number of nitrogens with one attached hydrogen (secondary N) is 1. The van der Waals surface area contributed by atoms with Gasteiger partial charge in [0.05, 0.1) is 6.10 Å². The molecule has 2 atom stereocenters. The van der Waals surface area contributed by atoms with Crippen LogP contribution in [0.2, 0.25) is 5.02 Å². The molecule has 1 unspecified atom stereocenters. The molecule has 19 heavy (non-hydrogen) atoms. The van der Waals surface area contributed by atoms with Crippen molar-refractivity contribution in [3.05, 3.63) is 34.9 Å². The fraction of sp³-hybridized carbons (Fsp3) is 0.600. The summed E-state index contributed by atoms with van der Waals surface area (Å²) in [5.41, 5.74) is 1.15. The maximum Gasteiger partial charge on any atom is 0.0791 e. The summed E-state index contributed by atoms with van der Waals surface area (Å²) in [6, 6.07) is 8.05. The summed E-state index contributed by atoms with van der Waals surface area (Å²) < 4.78 is 0. The van der Waals surface area contributed by atoms with E-state index >= 15 is 0 Å². The lowest BCUT2D eigenvalue weighted by Crippen LogP contribution is -2.37. The molecule has 1 saturated heterocycles. The molecule has 1 fully saturated rings. The first-order valence-electron chi connectivity index (χ1n) is 7.04. The molecule has 0 aliphatic carbocycles. The standard InChI is InChI=1S/C15H23ClN2O/c1-12(13-5-4-6-14(16)9-13)17-10-15(19)11-18-7-2-3-8-18/h4-6,9,12,15,17,19H,2-3,7-8,10-11H2,1H3/t12-,15?/m0/s1. The minimum atomic E-state index is -0.306. The maximum absolute atomic E-state index is 10.0. The zero-order chi connectivity index (χ0) is 13.7. The number of aliphatic hydroxyl groups is 1. The van der Waals surface area contributed by atoms with Gasteiger partial charge in [0.15, 0.2) is 0 Å². The number of aliphatic hydroxyl groups excluding tert-OH is 1. The van der Waals surface area contributed by atoms with E-state index in [0.29, 0.717) is 6.54 Å². The molecule has 0 bridgehead atoms. The average Bonchev–Trinajstić information content (AvgIpc) is 2.88.